The average Bonchev–Trinajstić information content (AvgIpc) is 3.38. The Morgan fingerprint density at radius 3 is 2.38 bits per heavy atom. The standard InChI is InChI=1S/C24H28N4O/c1-3-24(29)26-22-13-6-18(14-22)16-28-23(15-25-27-28)21-11-9-20(10-12-21)19-7-4-17(2)5-8-19/h4-5,7-12,15,18,22H,3,6,13-14,16H2,1-2H3,(H,26,29). The minimum Gasteiger partial charge on any atom is -0.353 e. The summed E-state index contributed by atoms with van der Waals surface area (Å²) in [6.07, 6.45) is 5.56. The van der Waals surface area contributed by atoms with Crippen LogP contribution in [0.5, 0.6) is 0 Å². The van der Waals surface area contributed by atoms with E-state index in [0.717, 1.165) is 37.1 Å². The van der Waals surface area contributed by atoms with Gasteiger partial charge in [-0.1, -0.05) is 66.2 Å². The van der Waals surface area contributed by atoms with Crippen LogP contribution < -0.4 is 5.32 Å². The van der Waals surface area contributed by atoms with Crippen LogP contribution >= 0.6 is 0 Å². The Balaban J connectivity index is 1.44. The minimum atomic E-state index is 0.144. The van der Waals surface area contributed by atoms with Crippen LogP contribution in [0.25, 0.3) is 22.4 Å². The molecule has 4 rings (SSSR count). The fraction of sp³-hybridized carbons (Fsp3) is 0.375. The molecule has 5 nitrogen and oxygen atoms in total. The molecule has 0 aliphatic heterocycles. The van der Waals surface area contributed by atoms with E-state index < -0.39 is 0 Å². The van der Waals surface area contributed by atoms with Gasteiger partial charge in [-0.15, -0.1) is 5.10 Å². The van der Waals surface area contributed by atoms with Gasteiger partial charge in [-0.3, -0.25) is 4.79 Å². The van der Waals surface area contributed by atoms with Crippen LogP contribution in [0.4, 0.5) is 0 Å². The highest BCUT2D eigenvalue weighted by Gasteiger charge is 2.26. The highest BCUT2D eigenvalue weighted by atomic mass is 16.1. The van der Waals surface area contributed by atoms with E-state index in [-0.39, 0.29) is 5.91 Å². The molecule has 0 saturated heterocycles. The zero-order chi connectivity index (χ0) is 20.2. The molecule has 5 heteroatoms. The number of nitrogens with zero attached hydrogens (tertiary/aromatic N) is 3. The Labute approximate surface area is 172 Å². The summed E-state index contributed by atoms with van der Waals surface area (Å²) in [6, 6.07) is 17.5. The molecule has 1 saturated carbocycles. The maximum atomic E-state index is 11.6. The Kier molecular flexibility index (Phi) is 5.74. The van der Waals surface area contributed by atoms with Crippen LogP contribution in [-0.2, 0) is 11.3 Å². The summed E-state index contributed by atoms with van der Waals surface area (Å²) < 4.78 is 2.01. The van der Waals surface area contributed by atoms with Crippen molar-refractivity contribution in [2.24, 2.45) is 5.92 Å². The van der Waals surface area contributed by atoms with E-state index in [2.05, 4.69) is 71.1 Å². The first-order chi connectivity index (χ1) is 14.1. The molecule has 2 aromatic carbocycles. The number of aryl methyl sites for hydroxylation is 1. The highest BCUT2D eigenvalue weighted by Crippen LogP contribution is 2.29. The van der Waals surface area contributed by atoms with Crippen LogP contribution in [0.2, 0.25) is 0 Å². The van der Waals surface area contributed by atoms with Crippen molar-refractivity contribution in [3.05, 3.63) is 60.3 Å². The predicted octanol–water partition coefficient (Wildman–Crippen LogP) is 4.62. The predicted molar refractivity (Wildman–Crippen MR) is 115 cm³/mol. The molecule has 0 spiro atoms. The first-order valence-electron chi connectivity index (χ1n) is 10.5. The third kappa shape index (κ3) is 4.56. The van der Waals surface area contributed by atoms with Gasteiger partial charge in [-0.25, -0.2) is 4.68 Å². The molecule has 0 radical (unpaired) electrons. The fourth-order valence-electron chi connectivity index (χ4n) is 4.14. The van der Waals surface area contributed by atoms with E-state index >= 15 is 0 Å². The summed E-state index contributed by atoms with van der Waals surface area (Å²) in [4.78, 5) is 11.6. The third-order valence-electron chi connectivity index (χ3n) is 5.84. The number of carbonyl (C=O) groups excluding carboxylic acids is 1. The normalized spacial score (nSPS) is 18.7. The Morgan fingerprint density at radius 2 is 1.69 bits per heavy atom. The molecule has 1 N–H and O–H groups in total. The zero-order valence-corrected chi connectivity index (χ0v) is 17.1. The van der Waals surface area contributed by atoms with Gasteiger partial charge in [0, 0.05) is 24.6 Å². The molecular formula is C24H28N4O. The number of hydrogen-bond donors (Lipinski definition) is 1. The maximum Gasteiger partial charge on any atom is 0.219 e. The van der Waals surface area contributed by atoms with E-state index in [4.69, 9.17) is 0 Å². The Morgan fingerprint density at radius 1 is 1.03 bits per heavy atom. The van der Waals surface area contributed by atoms with Crippen molar-refractivity contribution in [1.82, 2.24) is 20.3 Å². The average molecular weight is 389 g/mol. The summed E-state index contributed by atoms with van der Waals surface area (Å²) in [7, 11) is 0. The van der Waals surface area contributed by atoms with Gasteiger partial charge in [-0.05, 0) is 43.2 Å². The van der Waals surface area contributed by atoms with Gasteiger partial charge in [0.15, 0.2) is 0 Å². The molecule has 1 aliphatic rings. The summed E-state index contributed by atoms with van der Waals surface area (Å²) in [5.74, 6) is 0.662. The van der Waals surface area contributed by atoms with Gasteiger partial charge in [0.25, 0.3) is 0 Å². The van der Waals surface area contributed by atoms with Crippen molar-refractivity contribution in [3.63, 3.8) is 0 Å². The second-order valence-electron chi connectivity index (χ2n) is 8.04. The molecule has 0 bridgehead atoms. The second kappa shape index (κ2) is 8.60. The van der Waals surface area contributed by atoms with E-state index in [1.54, 1.807) is 0 Å². The molecule has 1 aliphatic carbocycles. The Bertz CT molecular complexity index is 959. The van der Waals surface area contributed by atoms with Crippen LogP contribution in [0.1, 0.15) is 38.2 Å². The summed E-state index contributed by atoms with van der Waals surface area (Å²) in [5, 5.41) is 11.6. The highest BCUT2D eigenvalue weighted by molar-refractivity contribution is 5.75. The van der Waals surface area contributed by atoms with Gasteiger partial charge in [0.05, 0.1) is 11.9 Å². The quantitative estimate of drug-likeness (QED) is 0.670. The molecule has 2 unspecified atom stereocenters. The summed E-state index contributed by atoms with van der Waals surface area (Å²) >= 11 is 0. The van der Waals surface area contributed by atoms with Gasteiger partial charge >= 0.3 is 0 Å². The van der Waals surface area contributed by atoms with Gasteiger partial charge in [0.2, 0.25) is 5.91 Å². The SMILES string of the molecule is CCC(=O)NC1CCC(Cn2nncc2-c2ccc(-c3ccc(C)cc3)cc2)C1. The summed E-state index contributed by atoms with van der Waals surface area (Å²) in [5.41, 5.74) is 5.86. The maximum absolute atomic E-state index is 11.6. The molecule has 2 atom stereocenters. The van der Waals surface area contributed by atoms with Crippen molar-refractivity contribution >= 4 is 5.91 Å². The fourth-order valence-corrected chi connectivity index (χ4v) is 4.14. The number of hydrogen-bond acceptors (Lipinski definition) is 3. The lowest BCUT2D eigenvalue weighted by Crippen LogP contribution is -2.32. The van der Waals surface area contributed by atoms with Crippen molar-refractivity contribution in [1.29, 1.82) is 0 Å². The number of amides is 1. The van der Waals surface area contributed by atoms with Gasteiger partial charge < -0.3 is 5.32 Å². The molecule has 1 heterocycles. The zero-order valence-electron chi connectivity index (χ0n) is 17.1. The van der Waals surface area contributed by atoms with E-state index in [9.17, 15) is 4.79 Å². The molecule has 1 aromatic heterocycles. The molecule has 29 heavy (non-hydrogen) atoms. The van der Waals surface area contributed by atoms with E-state index in [1.807, 2.05) is 17.8 Å². The smallest absolute Gasteiger partial charge is 0.219 e. The molecular weight excluding hydrogens is 360 g/mol. The van der Waals surface area contributed by atoms with Crippen molar-refractivity contribution in [3.8, 4) is 22.4 Å². The first kappa shape index (κ1) is 19.4. The topological polar surface area (TPSA) is 59.8 Å². The van der Waals surface area contributed by atoms with Crippen molar-refractivity contribution in [2.45, 2.75) is 52.1 Å². The van der Waals surface area contributed by atoms with Gasteiger partial charge in [0.1, 0.15) is 0 Å². The van der Waals surface area contributed by atoms with Crippen molar-refractivity contribution < 1.29 is 4.79 Å². The first-order valence-corrected chi connectivity index (χ1v) is 10.5. The minimum absolute atomic E-state index is 0.144. The number of nitrogens with one attached hydrogen (secondary N) is 1. The lowest BCUT2D eigenvalue weighted by atomic mass is 10.0. The van der Waals surface area contributed by atoms with Crippen LogP contribution in [0.15, 0.2) is 54.7 Å². The number of rotatable bonds is 6. The van der Waals surface area contributed by atoms with Crippen LogP contribution in [-0.4, -0.2) is 26.9 Å². The Hall–Kier alpha value is -2.95. The van der Waals surface area contributed by atoms with Crippen LogP contribution in [0, 0.1) is 12.8 Å². The van der Waals surface area contributed by atoms with Crippen LogP contribution in [0.3, 0.4) is 0 Å². The number of benzene rings is 2. The molecule has 3 aromatic rings. The summed E-state index contributed by atoms with van der Waals surface area (Å²) in [6.45, 7) is 4.84. The third-order valence-corrected chi connectivity index (χ3v) is 5.84. The molecule has 150 valence electrons. The number of carbonyl (C=O) groups is 1. The molecule has 1 fully saturated rings. The van der Waals surface area contributed by atoms with E-state index in [1.165, 1.54) is 16.7 Å². The molecule has 1 amide bonds. The largest absolute Gasteiger partial charge is 0.353 e. The van der Waals surface area contributed by atoms with Crippen molar-refractivity contribution in [2.75, 3.05) is 0 Å². The lowest BCUT2D eigenvalue weighted by molar-refractivity contribution is -0.121. The van der Waals surface area contributed by atoms with E-state index in [0.29, 0.717) is 18.4 Å². The monoisotopic (exact) mass is 388 g/mol. The lowest BCUT2D eigenvalue weighted by Gasteiger charge is -2.14. The van der Waals surface area contributed by atoms with Gasteiger partial charge in [-0.2, -0.15) is 0 Å². The second-order valence-corrected chi connectivity index (χ2v) is 8.04. The number of aromatic nitrogens is 3.